The molecule has 16 heavy (non-hydrogen) atoms. The summed E-state index contributed by atoms with van der Waals surface area (Å²) in [5.41, 5.74) is 0. The Morgan fingerprint density at radius 1 is 1.00 bits per heavy atom. The highest BCUT2D eigenvalue weighted by atomic mass is 15.3. The van der Waals surface area contributed by atoms with Crippen LogP contribution in [0.15, 0.2) is 0 Å². The van der Waals surface area contributed by atoms with Gasteiger partial charge in [-0.05, 0) is 52.7 Å². The van der Waals surface area contributed by atoms with Gasteiger partial charge in [-0.2, -0.15) is 0 Å². The molecule has 3 aliphatic rings. The number of likely N-dealkylation sites (N-methyl/N-ethyl adjacent to an activating group) is 1. The molecule has 92 valence electrons. The number of piperidine rings is 1. The Morgan fingerprint density at radius 3 is 2.19 bits per heavy atom. The number of fused-ring (bicyclic) bond motifs is 2. The molecule has 3 fully saturated rings. The normalized spacial score (nSPS) is 45.4. The molecular formula is C13H25N3. The Hall–Kier alpha value is -0.120. The molecule has 0 radical (unpaired) electrons. The zero-order valence-corrected chi connectivity index (χ0v) is 10.7. The van der Waals surface area contributed by atoms with Crippen LogP contribution in [0.3, 0.4) is 0 Å². The highest BCUT2D eigenvalue weighted by Crippen LogP contribution is 2.38. The topological polar surface area (TPSA) is 18.5 Å². The van der Waals surface area contributed by atoms with Crippen molar-refractivity contribution in [3.05, 3.63) is 0 Å². The lowest BCUT2D eigenvalue weighted by Crippen LogP contribution is -2.53. The molecule has 0 aromatic heterocycles. The van der Waals surface area contributed by atoms with E-state index in [9.17, 15) is 0 Å². The lowest BCUT2D eigenvalue weighted by Gasteiger charge is -2.42. The monoisotopic (exact) mass is 223 g/mol. The van der Waals surface area contributed by atoms with E-state index in [2.05, 4.69) is 29.2 Å². The average Bonchev–Trinajstić information content (AvgIpc) is 2.80. The Bertz CT molecular complexity index is 242. The molecule has 3 atom stereocenters. The Kier molecular flexibility index (Phi) is 2.94. The predicted octanol–water partition coefficient (Wildman–Crippen LogP) is 0.905. The van der Waals surface area contributed by atoms with Crippen LogP contribution in [-0.2, 0) is 0 Å². The Balaban J connectivity index is 1.69. The summed E-state index contributed by atoms with van der Waals surface area (Å²) < 4.78 is 0. The molecule has 0 aliphatic carbocycles. The number of rotatable bonds is 2. The summed E-state index contributed by atoms with van der Waals surface area (Å²) in [5.74, 6) is 0. The van der Waals surface area contributed by atoms with Crippen LogP contribution >= 0.6 is 0 Å². The molecule has 1 N–H and O–H groups in total. The molecule has 3 heteroatoms. The van der Waals surface area contributed by atoms with E-state index in [0.717, 1.165) is 24.2 Å². The Labute approximate surface area is 99.2 Å². The maximum Gasteiger partial charge on any atom is 0.0241 e. The second-order valence-corrected chi connectivity index (χ2v) is 5.99. The minimum Gasteiger partial charge on any atom is -0.317 e. The minimum atomic E-state index is 0.785. The van der Waals surface area contributed by atoms with E-state index in [1.165, 1.54) is 45.2 Å². The predicted molar refractivity (Wildman–Crippen MR) is 66.6 cm³/mol. The summed E-state index contributed by atoms with van der Waals surface area (Å²) in [4.78, 5) is 5.38. The highest BCUT2D eigenvalue weighted by molar-refractivity contribution is 5.01. The van der Waals surface area contributed by atoms with Crippen molar-refractivity contribution in [3.8, 4) is 0 Å². The quantitative estimate of drug-likeness (QED) is 0.750. The van der Waals surface area contributed by atoms with Crippen LogP contribution in [0.5, 0.6) is 0 Å². The van der Waals surface area contributed by atoms with Crippen molar-refractivity contribution in [3.63, 3.8) is 0 Å². The van der Waals surface area contributed by atoms with Gasteiger partial charge < -0.3 is 10.2 Å². The maximum absolute atomic E-state index is 3.49. The van der Waals surface area contributed by atoms with Crippen molar-refractivity contribution in [1.82, 2.24) is 15.1 Å². The molecule has 3 nitrogen and oxygen atoms in total. The molecule has 3 rings (SSSR count). The van der Waals surface area contributed by atoms with Crippen molar-refractivity contribution in [2.45, 2.75) is 56.3 Å². The lowest BCUT2D eigenvalue weighted by atomic mass is 9.95. The minimum absolute atomic E-state index is 0.785. The summed E-state index contributed by atoms with van der Waals surface area (Å²) >= 11 is 0. The standard InChI is InChI=1S/C13H25N3/c1-14-10-7-11-3-4-12(8-10)16(11)13-5-6-15(2)9-13/h10-14H,3-9H2,1-2H3. The van der Waals surface area contributed by atoms with E-state index < -0.39 is 0 Å². The summed E-state index contributed by atoms with van der Waals surface area (Å²) in [7, 11) is 4.39. The molecule has 3 saturated heterocycles. The van der Waals surface area contributed by atoms with E-state index in [1.807, 2.05) is 0 Å². The Morgan fingerprint density at radius 2 is 1.69 bits per heavy atom. The maximum atomic E-state index is 3.49. The molecule has 0 aromatic rings. The fraction of sp³-hybridized carbons (Fsp3) is 1.00. The lowest BCUT2D eigenvalue weighted by molar-refractivity contribution is 0.0754. The number of likely N-dealkylation sites (tertiary alicyclic amines) is 1. The van der Waals surface area contributed by atoms with Gasteiger partial charge in [0, 0.05) is 30.7 Å². The van der Waals surface area contributed by atoms with Gasteiger partial charge in [0.2, 0.25) is 0 Å². The van der Waals surface area contributed by atoms with Crippen LogP contribution in [0.2, 0.25) is 0 Å². The van der Waals surface area contributed by atoms with Crippen molar-refractivity contribution in [1.29, 1.82) is 0 Å². The van der Waals surface area contributed by atoms with Crippen molar-refractivity contribution in [2.24, 2.45) is 0 Å². The largest absolute Gasteiger partial charge is 0.317 e. The van der Waals surface area contributed by atoms with Crippen LogP contribution in [-0.4, -0.2) is 61.2 Å². The van der Waals surface area contributed by atoms with Gasteiger partial charge in [0.1, 0.15) is 0 Å². The van der Waals surface area contributed by atoms with E-state index in [0.29, 0.717) is 0 Å². The van der Waals surface area contributed by atoms with Crippen LogP contribution in [0.1, 0.15) is 32.1 Å². The first-order valence-corrected chi connectivity index (χ1v) is 6.91. The zero-order chi connectivity index (χ0) is 11.1. The number of nitrogens with zero attached hydrogens (tertiary/aromatic N) is 2. The summed E-state index contributed by atoms with van der Waals surface area (Å²) in [6, 6.07) is 3.41. The molecule has 3 heterocycles. The molecular weight excluding hydrogens is 198 g/mol. The molecule has 0 amide bonds. The second kappa shape index (κ2) is 4.28. The van der Waals surface area contributed by atoms with E-state index >= 15 is 0 Å². The smallest absolute Gasteiger partial charge is 0.0241 e. The second-order valence-electron chi connectivity index (χ2n) is 5.99. The highest BCUT2D eigenvalue weighted by Gasteiger charge is 2.44. The first-order chi connectivity index (χ1) is 7.78. The third-order valence-electron chi connectivity index (χ3n) is 4.99. The van der Waals surface area contributed by atoms with Gasteiger partial charge >= 0.3 is 0 Å². The number of hydrogen-bond donors (Lipinski definition) is 1. The van der Waals surface area contributed by atoms with Gasteiger partial charge in [0.25, 0.3) is 0 Å². The van der Waals surface area contributed by atoms with Crippen molar-refractivity contribution in [2.75, 3.05) is 27.2 Å². The van der Waals surface area contributed by atoms with E-state index in [4.69, 9.17) is 0 Å². The molecule has 3 unspecified atom stereocenters. The van der Waals surface area contributed by atoms with Gasteiger partial charge in [-0.15, -0.1) is 0 Å². The third-order valence-corrected chi connectivity index (χ3v) is 4.99. The van der Waals surface area contributed by atoms with Crippen LogP contribution in [0, 0.1) is 0 Å². The average molecular weight is 223 g/mol. The summed E-state index contributed by atoms with van der Waals surface area (Å²) in [6.07, 6.45) is 7.06. The van der Waals surface area contributed by atoms with Crippen LogP contribution in [0.4, 0.5) is 0 Å². The SMILES string of the molecule is CNC1CC2CCC(C1)N2C1CCN(C)C1. The van der Waals surface area contributed by atoms with Gasteiger partial charge in [0.05, 0.1) is 0 Å². The fourth-order valence-electron chi connectivity index (χ4n) is 4.20. The van der Waals surface area contributed by atoms with E-state index in [-0.39, 0.29) is 0 Å². The van der Waals surface area contributed by atoms with Gasteiger partial charge in [-0.1, -0.05) is 0 Å². The van der Waals surface area contributed by atoms with E-state index in [1.54, 1.807) is 0 Å². The molecule has 2 bridgehead atoms. The molecule has 0 aromatic carbocycles. The fourth-order valence-corrected chi connectivity index (χ4v) is 4.20. The third kappa shape index (κ3) is 1.79. The number of nitrogens with one attached hydrogen (secondary N) is 1. The summed E-state index contributed by atoms with van der Waals surface area (Å²) in [6.45, 7) is 2.60. The molecule has 0 saturated carbocycles. The van der Waals surface area contributed by atoms with Crippen molar-refractivity contribution >= 4 is 0 Å². The first kappa shape index (κ1) is 11.0. The summed E-state index contributed by atoms with van der Waals surface area (Å²) in [5, 5.41) is 3.49. The van der Waals surface area contributed by atoms with Gasteiger partial charge in [-0.3, -0.25) is 4.90 Å². The van der Waals surface area contributed by atoms with Crippen LogP contribution < -0.4 is 5.32 Å². The van der Waals surface area contributed by atoms with Crippen LogP contribution in [0.25, 0.3) is 0 Å². The molecule has 0 spiro atoms. The molecule has 3 aliphatic heterocycles. The van der Waals surface area contributed by atoms with Crippen molar-refractivity contribution < 1.29 is 0 Å². The first-order valence-electron chi connectivity index (χ1n) is 6.91. The zero-order valence-electron chi connectivity index (χ0n) is 10.7. The van der Waals surface area contributed by atoms with Gasteiger partial charge in [0.15, 0.2) is 0 Å². The number of hydrogen-bond acceptors (Lipinski definition) is 3. The van der Waals surface area contributed by atoms with Gasteiger partial charge in [-0.25, -0.2) is 0 Å².